The summed E-state index contributed by atoms with van der Waals surface area (Å²) in [5.74, 6) is -0.461. The van der Waals surface area contributed by atoms with Gasteiger partial charge in [-0.05, 0) is 56.7 Å². The highest BCUT2D eigenvalue weighted by molar-refractivity contribution is 6.66. The van der Waals surface area contributed by atoms with Crippen LogP contribution in [0.1, 0.15) is 27.7 Å². The molecule has 0 unspecified atom stereocenters. The van der Waals surface area contributed by atoms with Crippen LogP contribution < -0.4 is 5.46 Å². The zero-order chi connectivity index (χ0) is 16.3. The molecule has 0 atom stereocenters. The summed E-state index contributed by atoms with van der Waals surface area (Å²) in [5, 5.41) is 11.1. The molecule has 0 spiro atoms. The van der Waals surface area contributed by atoms with E-state index < -0.39 is 24.1 Å². The summed E-state index contributed by atoms with van der Waals surface area (Å²) in [6.45, 7) is 7.72. The third-order valence-electron chi connectivity index (χ3n) is 4.53. The Balaban J connectivity index is 2.22. The molecule has 0 aliphatic carbocycles. The Labute approximate surface area is 134 Å². The Morgan fingerprint density at radius 1 is 1.09 bits per heavy atom. The minimum Gasteiger partial charge on any atom is -0.508 e. The van der Waals surface area contributed by atoms with E-state index in [1.54, 1.807) is 6.07 Å². The Bertz CT molecular complexity index is 745. The lowest BCUT2D eigenvalue weighted by molar-refractivity contribution is 0.00578. The Hall–Kier alpha value is -1.30. The van der Waals surface area contributed by atoms with Crippen LogP contribution in [0.3, 0.4) is 0 Å². The number of phenolic OH excluding ortho intramolecular Hbond substituents is 1. The highest BCUT2D eigenvalue weighted by Crippen LogP contribution is 2.38. The maximum atomic E-state index is 13.8. The Kier molecular flexibility index (Phi) is 3.44. The minimum absolute atomic E-state index is 0.00205. The van der Waals surface area contributed by atoms with Crippen molar-refractivity contribution < 1.29 is 18.8 Å². The molecule has 0 amide bonds. The van der Waals surface area contributed by atoms with Crippen LogP contribution in [-0.4, -0.2) is 23.4 Å². The molecule has 0 saturated carbocycles. The van der Waals surface area contributed by atoms with E-state index in [0.717, 1.165) is 0 Å². The molecule has 22 heavy (non-hydrogen) atoms. The number of hydrogen-bond donors (Lipinski definition) is 1. The number of hydrogen-bond acceptors (Lipinski definition) is 3. The van der Waals surface area contributed by atoms with Gasteiger partial charge in [0.25, 0.3) is 0 Å². The summed E-state index contributed by atoms with van der Waals surface area (Å²) < 4.78 is 25.8. The predicted octanol–water partition coefficient (Wildman–Crippen LogP) is 3.64. The van der Waals surface area contributed by atoms with Gasteiger partial charge in [0.1, 0.15) is 11.6 Å². The van der Waals surface area contributed by atoms with Crippen molar-refractivity contribution in [3.05, 3.63) is 35.1 Å². The summed E-state index contributed by atoms with van der Waals surface area (Å²) in [4.78, 5) is 0. The van der Waals surface area contributed by atoms with E-state index in [9.17, 15) is 9.50 Å². The number of phenols is 1. The van der Waals surface area contributed by atoms with Gasteiger partial charge in [-0.1, -0.05) is 17.7 Å². The first-order chi connectivity index (χ1) is 10.1. The summed E-state index contributed by atoms with van der Waals surface area (Å²) in [7, 11) is -0.723. The summed E-state index contributed by atoms with van der Waals surface area (Å²) in [6, 6.07) is 5.90. The third-order valence-corrected chi connectivity index (χ3v) is 4.90. The predicted molar refractivity (Wildman–Crippen MR) is 86.3 cm³/mol. The van der Waals surface area contributed by atoms with Crippen molar-refractivity contribution in [1.29, 1.82) is 0 Å². The lowest BCUT2D eigenvalue weighted by atomic mass is 9.76. The van der Waals surface area contributed by atoms with E-state index in [1.165, 1.54) is 18.2 Å². The summed E-state index contributed by atoms with van der Waals surface area (Å²) in [5.41, 5.74) is -0.539. The topological polar surface area (TPSA) is 38.7 Å². The Morgan fingerprint density at radius 2 is 1.68 bits per heavy atom. The quantitative estimate of drug-likeness (QED) is 0.815. The highest BCUT2D eigenvalue weighted by Gasteiger charge is 2.52. The molecule has 1 aliphatic heterocycles. The van der Waals surface area contributed by atoms with Crippen molar-refractivity contribution in [2.75, 3.05) is 0 Å². The van der Waals surface area contributed by atoms with E-state index in [1.807, 2.05) is 27.7 Å². The highest BCUT2D eigenvalue weighted by atomic mass is 35.5. The molecule has 1 aliphatic rings. The molecule has 0 bridgehead atoms. The fraction of sp³-hybridized carbons (Fsp3) is 0.375. The lowest BCUT2D eigenvalue weighted by Gasteiger charge is -2.32. The van der Waals surface area contributed by atoms with Gasteiger partial charge in [0.05, 0.1) is 16.2 Å². The molecule has 2 aromatic rings. The smallest absolute Gasteiger partial charge is 0.495 e. The molecule has 3 nitrogen and oxygen atoms in total. The maximum absolute atomic E-state index is 13.8. The SMILES string of the molecule is CC1(C)OB(c2cc(O)cc3ccc(F)c(Cl)c23)OC1(C)C. The van der Waals surface area contributed by atoms with E-state index >= 15 is 0 Å². The van der Waals surface area contributed by atoms with Gasteiger partial charge in [-0.2, -0.15) is 0 Å². The van der Waals surface area contributed by atoms with Crippen LogP contribution in [0.25, 0.3) is 10.8 Å². The number of fused-ring (bicyclic) bond motifs is 1. The standard InChI is InChI=1S/C16H17BClFO3/c1-15(2)16(3,4)22-17(21-15)11-8-10(20)7-9-5-6-12(19)14(18)13(9)11/h5-8,20H,1-4H3. The van der Waals surface area contributed by atoms with E-state index in [0.29, 0.717) is 16.2 Å². The number of rotatable bonds is 1. The molecule has 1 saturated heterocycles. The summed E-state index contributed by atoms with van der Waals surface area (Å²) >= 11 is 6.14. The van der Waals surface area contributed by atoms with Gasteiger partial charge in [-0.15, -0.1) is 0 Å². The van der Waals surface area contributed by atoms with Gasteiger partial charge in [0.2, 0.25) is 0 Å². The molecule has 6 heteroatoms. The monoisotopic (exact) mass is 322 g/mol. The normalized spacial score (nSPS) is 19.8. The van der Waals surface area contributed by atoms with Crippen LogP contribution in [0.15, 0.2) is 24.3 Å². The number of aromatic hydroxyl groups is 1. The first kappa shape index (κ1) is 15.6. The number of benzene rings is 2. The molecule has 1 heterocycles. The van der Waals surface area contributed by atoms with E-state index in [4.69, 9.17) is 20.9 Å². The van der Waals surface area contributed by atoms with Crippen LogP contribution in [-0.2, 0) is 9.31 Å². The van der Waals surface area contributed by atoms with Crippen LogP contribution >= 0.6 is 11.6 Å². The van der Waals surface area contributed by atoms with Gasteiger partial charge in [0.15, 0.2) is 0 Å². The molecule has 0 aromatic heterocycles. The van der Waals surface area contributed by atoms with Gasteiger partial charge >= 0.3 is 7.12 Å². The first-order valence-corrected chi connectivity index (χ1v) is 7.46. The minimum atomic E-state index is -0.723. The molecule has 116 valence electrons. The second-order valence-electron chi connectivity index (χ2n) is 6.58. The van der Waals surface area contributed by atoms with E-state index in [2.05, 4.69) is 0 Å². The second kappa shape index (κ2) is 4.85. The van der Waals surface area contributed by atoms with Crippen LogP contribution in [0.5, 0.6) is 5.75 Å². The maximum Gasteiger partial charge on any atom is 0.495 e. The van der Waals surface area contributed by atoms with E-state index in [-0.39, 0.29) is 10.8 Å². The van der Waals surface area contributed by atoms with Crippen molar-refractivity contribution in [3.63, 3.8) is 0 Å². The van der Waals surface area contributed by atoms with Gasteiger partial charge in [0, 0.05) is 5.39 Å². The molecular weight excluding hydrogens is 305 g/mol. The molecule has 3 rings (SSSR count). The Morgan fingerprint density at radius 3 is 2.27 bits per heavy atom. The summed E-state index contributed by atoms with van der Waals surface area (Å²) in [6.07, 6.45) is 0. The largest absolute Gasteiger partial charge is 0.508 e. The van der Waals surface area contributed by atoms with Gasteiger partial charge in [-0.25, -0.2) is 4.39 Å². The third kappa shape index (κ3) is 2.28. The van der Waals surface area contributed by atoms with Crippen molar-refractivity contribution in [2.45, 2.75) is 38.9 Å². The zero-order valence-electron chi connectivity index (χ0n) is 12.9. The molecule has 0 radical (unpaired) electrons. The van der Waals surface area contributed by atoms with Crippen LogP contribution in [0, 0.1) is 5.82 Å². The lowest BCUT2D eigenvalue weighted by Crippen LogP contribution is -2.41. The molecule has 1 fully saturated rings. The zero-order valence-corrected chi connectivity index (χ0v) is 13.7. The van der Waals surface area contributed by atoms with Gasteiger partial charge < -0.3 is 14.4 Å². The van der Waals surface area contributed by atoms with Crippen molar-refractivity contribution in [1.82, 2.24) is 0 Å². The van der Waals surface area contributed by atoms with Gasteiger partial charge in [-0.3, -0.25) is 0 Å². The molecule has 2 aromatic carbocycles. The molecular formula is C16H17BClFO3. The second-order valence-corrected chi connectivity index (χ2v) is 6.96. The average Bonchev–Trinajstić information content (AvgIpc) is 2.62. The van der Waals surface area contributed by atoms with Crippen LogP contribution in [0.4, 0.5) is 4.39 Å². The fourth-order valence-electron chi connectivity index (χ4n) is 2.57. The molecule has 1 N–H and O–H groups in total. The first-order valence-electron chi connectivity index (χ1n) is 7.09. The number of halogens is 2. The van der Waals surface area contributed by atoms with Crippen molar-refractivity contribution in [2.24, 2.45) is 0 Å². The van der Waals surface area contributed by atoms with Crippen molar-refractivity contribution in [3.8, 4) is 5.75 Å². The average molecular weight is 323 g/mol. The van der Waals surface area contributed by atoms with Crippen molar-refractivity contribution >= 4 is 35.0 Å². The fourth-order valence-corrected chi connectivity index (χ4v) is 2.85. The van der Waals surface area contributed by atoms with Crippen LogP contribution in [0.2, 0.25) is 5.02 Å².